The van der Waals surface area contributed by atoms with E-state index in [9.17, 15) is 4.79 Å². The van der Waals surface area contributed by atoms with Crippen molar-refractivity contribution in [2.45, 2.75) is 32.2 Å². The first-order valence-corrected chi connectivity index (χ1v) is 5.66. The normalized spacial score (nSPS) is 17.1. The number of carbonyl (C=O) groups is 1. The fourth-order valence-electron chi connectivity index (χ4n) is 1.74. The summed E-state index contributed by atoms with van der Waals surface area (Å²) in [5.74, 6) is 0.522. The van der Waals surface area contributed by atoms with E-state index in [-0.39, 0.29) is 11.9 Å². The summed E-state index contributed by atoms with van der Waals surface area (Å²) >= 11 is 0. The van der Waals surface area contributed by atoms with Crippen LogP contribution in [0.15, 0.2) is 30.3 Å². The van der Waals surface area contributed by atoms with E-state index in [1.54, 1.807) is 0 Å². The minimum absolute atomic E-state index is 0.180. The molecule has 80 valence electrons. The lowest BCUT2D eigenvalue weighted by Gasteiger charge is -2.17. The third kappa shape index (κ3) is 2.58. The Morgan fingerprint density at radius 3 is 2.60 bits per heavy atom. The van der Waals surface area contributed by atoms with Crippen LogP contribution in [0.4, 0.5) is 0 Å². The molecule has 2 rings (SSSR count). The molecule has 1 atom stereocenters. The van der Waals surface area contributed by atoms with Gasteiger partial charge in [-0.15, -0.1) is 0 Å². The maximum absolute atomic E-state index is 11.6. The van der Waals surface area contributed by atoms with Gasteiger partial charge in [-0.05, 0) is 24.8 Å². The maximum atomic E-state index is 11.6. The molecule has 2 heteroatoms. The summed E-state index contributed by atoms with van der Waals surface area (Å²) in [5.41, 5.74) is 1.20. The van der Waals surface area contributed by atoms with Gasteiger partial charge < -0.3 is 5.32 Å². The number of amides is 1. The molecule has 0 heterocycles. The molecule has 0 radical (unpaired) electrons. The van der Waals surface area contributed by atoms with Crippen molar-refractivity contribution >= 4 is 5.91 Å². The molecule has 0 bridgehead atoms. The van der Waals surface area contributed by atoms with Crippen molar-refractivity contribution in [3.8, 4) is 0 Å². The molecule has 0 aliphatic heterocycles. The van der Waals surface area contributed by atoms with Crippen LogP contribution in [0.25, 0.3) is 0 Å². The summed E-state index contributed by atoms with van der Waals surface area (Å²) < 4.78 is 0. The molecule has 0 spiro atoms. The zero-order valence-corrected chi connectivity index (χ0v) is 9.07. The molecule has 1 aromatic rings. The molecular formula is C13H17NO. The monoisotopic (exact) mass is 203 g/mol. The van der Waals surface area contributed by atoms with Gasteiger partial charge in [0.1, 0.15) is 0 Å². The largest absolute Gasteiger partial charge is 0.349 e. The summed E-state index contributed by atoms with van der Waals surface area (Å²) in [6, 6.07) is 10.4. The van der Waals surface area contributed by atoms with Gasteiger partial charge in [0, 0.05) is 5.92 Å². The zero-order chi connectivity index (χ0) is 10.7. The highest BCUT2D eigenvalue weighted by atomic mass is 16.2. The van der Waals surface area contributed by atoms with E-state index in [1.165, 1.54) is 5.56 Å². The lowest BCUT2D eigenvalue weighted by atomic mass is 10.0. The average molecular weight is 203 g/mol. The van der Waals surface area contributed by atoms with Gasteiger partial charge in [0.15, 0.2) is 0 Å². The smallest absolute Gasteiger partial charge is 0.223 e. The Hall–Kier alpha value is -1.31. The molecule has 1 aliphatic rings. The van der Waals surface area contributed by atoms with Crippen molar-refractivity contribution in [2.24, 2.45) is 5.92 Å². The van der Waals surface area contributed by atoms with Gasteiger partial charge in [-0.25, -0.2) is 0 Å². The summed E-state index contributed by atoms with van der Waals surface area (Å²) in [6.45, 7) is 2.10. The lowest BCUT2D eigenvalue weighted by molar-refractivity contribution is -0.123. The first kappa shape index (κ1) is 10.2. The Balaban J connectivity index is 2.00. The van der Waals surface area contributed by atoms with E-state index in [1.807, 2.05) is 18.2 Å². The maximum Gasteiger partial charge on any atom is 0.223 e. The van der Waals surface area contributed by atoms with Crippen molar-refractivity contribution < 1.29 is 4.79 Å². The standard InChI is InChI=1S/C13H17NO/c1-2-12(10-6-4-3-5-7-10)14-13(15)11-8-9-11/h3-7,11-12H,2,8-9H2,1H3,(H,14,15). The van der Waals surface area contributed by atoms with Crippen LogP contribution in [0.3, 0.4) is 0 Å². The predicted octanol–water partition coefficient (Wildman–Crippen LogP) is 2.66. The van der Waals surface area contributed by atoms with Gasteiger partial charge in [0.2, 0.25) is 5.91 Å². The number of carbonyl (C=O) groups excluding carboxylic acids is 1. The van der Waals surface area contributed by atoms with E-state index in [0.29, 0.717) is 5.92 Å². The topological polar surface area (TPSA) is 29.1 Å². The van der Waals surface area contributed by atoms with Gasteiger partial charge in [-0.1, -0.05) is 37.3 Å². The Morgan fingerprint density at radius 1 is 1.40 bits per heavy atom. The molecular weight excluding hydrogens is 186 g/mol. The number of hydrogen-bond acceptors (Lipinski definition) is 1. The summed E-state index contributed by atoms with van der Waals surface area (Å²) in [4.78, 5) is 11.6. The van der Waals surface area contributed by atoms with Gasteiger partial charge in [0.05, 0.1) is 6.04 Å². The Morgan fingerprint density at radius 2 is 2.07 bits per heavy atom. The van der Waals surface area contributed by atoms with Crippen LogP contribution in [0, 0.1) is 5.92 Å². The fraction of sp³-hybridized carbons (Fsp3) is 0.462. The van der Waals surface area contributed by atoms with Crippen LogP contribution >= 0.6 is 0 Å². The highest BCUT2D eigenvalue weighted by molar-refractivity contribution is 5.81. The quantitative estimate of drug-likeness (QED) is 0.800. The molecule has 0 saturated heterocycles. The molecule has 1 N–H and O–H groups in total. The van der Waals surface area contributed by atoms with Crippen molar-refractivity contribution in [1.29, 1.82) is 0 Å². The van der Waals surface area contributed by atoms with Gasteiger partial charge >= 0.3 is 0 Å². The van der Waals surface area contributed by atoms with E-state index in [0.717, 1.165) is 19.3 Å². The van der Waals surface area contributed by atoms with E-state index in [2.05, 4.69) is 24.4 Å². The second kappa shape index (κ2) is 4.47. The molecule has 1 aromatic carbocycles. The van der Waals surface area contributed by atoms with E-state index in [4.69, 9.17) is 0 Å². The molecule has 1 unspecified atom stereocenters. The van der Waals surface area contributed by atoms with Crippen molar-refractivity contribution in [3.05, 3.63) is 35.9 Å². The van der Waals surface area contributed by atoms with Crippen LogP contribution in [0.1, 0.15) is 37.8 Å². The summed E-state index contributed by atoms with van der Waals surface area (Å²) in [6.07, 6.45) is 3.08. The predicted molar refractivity (Wildman–Crippen MR) is 60.3 cm³/mol. The average Bonchev–Trinajstić information content (AvgIpc) is 3.10. The summed E-state index contributed by atoms with van der Waals surface area (Å²) in [5, 5.41) is 3.11. The molecule has 1 amide bonds. The Kier molecular flexibility index (Phi) is 3.05. The number of nitrogens with one attached hydrogen (secondary N) is 1. The third-order valence-electron chi connectivity index (χ3n) is 2.87. The van der Waals surface area contributed by atoms with E-state index >= 15 is 0 Å². The Labute approximate surface area is 90.7 Å². The second-order valence-electron chi connectivity index (χ2n) is 4.15. The number of rotatable bonds is 4. The van der Waals surface area contributed by atoms with Crippen molar-refractivity contribution in [3.63, 3.8) is 0 Å². The van der Waals surface area contributed by atoms with Crippen LogP contribution < -0.4 is 5.32 Å². The molecule has 2 nitrogen and oxygen atoms in total. The molecule has 1 fully saturated rings. The third-order valence-corrected chi connectivity index (χ3v) is 2.87. The van der Waals surface area contributed by atoms with Gasteiger partial charge in [0.25, 0.3) is 0 Å². The fourth-order valence-corrected chi connectivity index (χ4v) is 1.74. The zero-order valence-electron chi connectivity index (χ0n) is 9.07. The van der Waals surface area contributed by atoms with Crippen LogP contribution in [0.5, 0.6) is 0 Å². The molecule has 0 aromatic heterocycles. The van der Waals surface area contributed by atoms with Gasteiger partial charge in [-0.3, -0.25) is 4.79 Å². The second-order valence-corrected chi connectivity index (χ2v) is 4.15. The lowest BCUT2D eigenvalue weighted by Crippen LogP contribution is -2.29. The highest BCUT2D eigenvalue weighted by Crippen LogP contribution is 2.30. The molecule has 1 aliphatic carbocycles. The van der Waals surface area contributed by atoms with Crippen molar-refractivity contribution in [1.82, 2.24) is 5.32 Å². The first-order chi connectivity index (χ1) is 7.31. The van der Waals surface area contributed by atoms with E-state index < -0.39 is 0 Å². The molecule has 15 heavy (non-hydrogen) atoms. The number of benzene rings is 1. The first-order valence-electron chi connectivity index (χ1n) is 5.66. The van der Waals surface area contributed by atoms with Crippen LogP contribution in [0.2, 0.25) is 0 Å². The highest BCUT2D eigenvalue weighted by Gasteiger charge is 2.30. The number of hydrogen-bond donors (Lipinski definition) is 1. The Bertz CT molecular complexity index is 330. The van der Waals surface area contributed by atoms with Crippen molar-refractivity contribution in [2.75, 3.05) is 0 Å². The minimum atomic E-state index is 0.180. The summed E-state index contributed by atoms with van der Waals surface area (Å²) in [7, 11) is 0. The molecule has 1 saturated carbocycles. The van der Waals surface area contributed by atoms with Gasteiger partial charge in [-0.2, -0.15) is 0 Å². The SMILES string of the molecule is CCC(NC(=O)C1CC1)c1ccccc1. The minimum Gasteiger partial charge on any atom is -0.349 e. The van der Waals surface area contributed by atoms with Crippen LogP contribution in [-0.2, 0) is 4.79 Å². The van der Waals surface area contributed by atoms with Crippen LogP contribution in [-0.4, -0.2) is 5.91 Å².